The van der Waals surface area contributed by atoms with E-state index in [2.05, 4.69) is 18.7 Å². The monoisotopic (exact) mass is 310 g/mol. The largest absolute Gasteiger partial charge is 0.379 e. The van der Waals surface area contributed by atoms with E-state index in [0.29, 0.717) is 6.04 Å². The van der Waals surface area contributed by atoms with Crippen molar-refractivity contribution < 1.29 is 14.3 Å². The van der Waals surface area contributed by atoms with Crippen LogP contribution in [0.5, 0.6) is 0 Å². The lowest BCUT2D eigenvalue weighted by atomic mass is 9.79. The van der Waals surface area contributed by atoms with Crippen LogP contribution in [-0.4, -0.2) is 73.9 Å². The van der Waals surface area contributed by atoms with Crippen LogP contribution in [0.1, 0.15) is 39.5 Å². The smallest absolute Gasteiger partial charge is 0.251 e. The molecule has 0 N–H and O–H groups in total. The first kappa shape index (κ1) is 16.2. The lowest BCUT2D eigenvalue weighted by molar-refractivity contribution is -0.145. The number of ether oxygens (including phenoxy) is 2. The maximum Gasteiger partial charge on any atom is 0.251 e. The van der Waals surface area contributed by atoms with Crippen molar-refractivity contribution in [2.24, 2.45) is 5.41 Å². The second-order valence-corrected chi connectivity index (χ2v) is 7.48. The van der Waals surface area contributed by atoms with Gasteiger partial charge in [0.25, 0.3) is 5.91 Å². The fraction of sp³-hybridized carbons (Fsp3) is 0.941. The minimum absolute atomic E-state index is 0.104. The number of amides is 1. The van der Waals surface area contributed by atoms with Gasteiger partial charge in [0.05, 0.1) is 13.2 Å². The molecule has 0 aliphatic carbocycles. The first-order valence-corrected chi connectivity index (χ1v) is 8.82. The summed E-state index contributed by atoms with van der Waals surface area (Å²) in [4.78, 5) is 17.2. The third-order valence-corrected chi connectivity index (χ3v) is 5.38. The van der Waals surface area contributed by atoms with Gasteiger partial charge in [-0.05, 0) is 39.5 Å². The van der Waals surface area contributed by atoms with Gasteiger partial charge in [0.2, 0.25) is 0 Å². The van der Waals surface area contributed by atoms with Gasteiger partial charge in [-0.2, -0.15) is 0 Å². The van der Waals surface area contributed by atoms with Gasteiger partial charge in [-0.1, -0.05) is 0 Å². The number of carbonyl (C=O) groups is 1. The number of likely N-dealkylation sites (tertiary alicyclic amines) is 1. The molecule has 3 rings (SSSR count). The molecule has 0 aromatic heterocycles. The van der Waals surface area contributed by atoms with Gasteiger partial charge < -0.3 is 14.4 Å². The molecule has 3 fully saturated rings. The van der Waals surface area contributed by atoms with Crippen molar-refractivity contribution in [1.29, 1.82) is 0 Å². The zero-order chi connectivity index (χ0) is 15.6. The van der Waals surface area contributed by atoms with E-state index in [1.165, 1.54) is 0 Å². The molecule has 1 spiro atoms. The Morgan fingerprint density at radius 3 is 2.77 bits per heavy atom. The molecule has 1 amide bonds. The predicted molar refractivity (Wildman–Crippen MR) is 84.7 cm³/mol. The third kappa shape index (κ3) is 3.47. The van der Waals surface area contributed by atoms with Gasteiger partial charge in [0.15, 0.2) is 0 Å². The van der Waals surface area contributed by atoms with E-state index in [9.17, 15) is 4.79 Å². The van der Waals surface area contributed by atoms with Gasteiger partial charge in [0, 0.05) is 44.2 Å². The molecule has 2 unspecified atom stereocenters. The average Bonchev–Trinajstić information content (AvgIpc) is 2.97. The molecule has 0 radical (unpaired) electrons. The Balaban J connectivity index is 1.68. The Labute approximate surface area is 133 Å². The van der Waals surface area contributed by atoms with Crippen LogP contribution in [0, 0.1) is 5.41 Å². The first-order chi connectivity index (χ1) is 10.6. The number of nitrogens with zero attached hydrogens (tertiary/aromatic N) is 2. The highest BCUT2D eigenvalue weighted by Crippen LogP contribution is 2.34. The Morgan fingerprint density at radius 2 is 2.05 bits per heavy atom. The normalized spacial score (nSPS) is 34.3. The molecular formula is C17H30N2O3. The summed E-state index contributed by atoms with van der Waals surface area (Å²) in [6.45, 7) is 10.6. The number of carbonyl (C=O) groups excluding carboxylic acids is 1. The molecule has 3 saturated heterocycles. The summed E-state index contributed by atoms with van der Waals surface area (Å²) in [7, 11) is 0. The quantitative estimate of drug-likeness (QED) is 0.775. The molecule has 0 saturated carbocycles. The highest BCUT2D eigenvalue weighted by molar-refractivity contribution is 5.81. The van der Waals surface area contributed by atoms with Crippen molar-refractivity contribution >= 4 is 5.91 Å². The number of hydrogen-bond acceptors (Lipinski definition) is 4. The molecule has 5 heteroatoms. The molecule has 126 valence electrons. The van der Waals surface area contributed by atoms with Crippen molar-refractivity contribution in [3.05, 3.63) is 0 Å². The lowest BCUT2D eigenvalue weighted by Gasteiger charge is -2.44. The Morgan fingerprint density at radius 1 is 1.18 bits per heavy atom. The van der Waals surface area contributed by atoms with Crippen molar-refractivity contribution in [1.82, 2.24) is 9.80 Å². The van der Waals surface area contributed by atoms with E-state index in [1.807, 2.05) is 4.90 Å². The van der Waals surface area contributed by atoms with Crippen molar-refractivity contribution in [3.63, 3.8) is 0 Å². The summed E-state index contributed by atoms with van der Waals surface area (Å²) in [6.07, 6.45) is 3.94. The van der Waals surface area contributed by atoms with Crippen LogP contribution >= 0.6 is 0 Å². The highest BCUT2D eigenvalue weighted by atomic mass is 16.5. The summed E-state index contributed by atoms with van der Waals surface area (Å²) in [5.41, 5.74) is 0.104. The molecule has 0 aromatic carbocycles. The average molecular weight is 310 g/mol. The van der Waals surface area contributed by atoms with Gasteiger partial charge in [-0.3, -0.25) is 9.69 Å². The maximum atomic E-state index is 12.7. The zero-order valence-electron chi connectivity index (χ0n) is 14.1. The highest BCUT2D eigenvalue weighted by Gasteiger charge is 2.42. The van der Waals surface area contributed by atoms with Crippen molar-refractivity contribution in [2.45, 2.75) is 51.7 Å². The van der Waals surface area contributed by atoms with Crippen LogP contribution in [0.3, 0.4) is 0 Å². The first-order valence-electron chi connectivity index (χ1n) is 8.82. The number of piperidine rings is 1. The standard InChI is InChI=1S/C17H30N2O3/c1-14(2)18-8-10-21-13-17(11-18)6-4-7-19(12-17)16(20)15-5-3-9-22-15/h14-15H,3-13H2,1-2H3. The van der Waals surface area contributed by atoms with Gasteiger partial charge in [-0.25, -0.2) is 0 Å². The van der Waals surface area contributed by atoms with Crippen molar-refractivity contribution in [3.8, 4) is 0 Å². The van der Waals surface area contributed by atoms with E-state index in [1.54, 1.807) is 0 Å². The number of rotatable bonds is 2. The predicted octanol–water partition coefficient (Wildman–Crippen LogP) is 1.51. The van der Waals surface area contributed by atoms with Crippen LogP contribution in [0.2, 0.25) is 0 Å². The van der Waals surface area contributed by atoms with E-state index in [4.69, 9.17) is 9.47 Å². The fourth-order valence-corrected chi connectivity index (χ4v) is 4.09. The van der Waals surface area contributed by atoms with Crippen LogP contribution in [0.25, 0.3) is 0 Å². The fourth-order valence-electron chi connectivity index (χ4n) is 4.09. The third-order valence-electron chi connectivity index (χ3n) is 5.38. The van der Waals surface area contributed by atoms with Gasteiger partial charge >= 0.3 is 0 Å². The van der Waals surface area contributed by atoms with Gasteiger partial charge in [-0.15, -0.1) is 0 Å². The topological polar surface area (TPSA) is 42.0 Å². The summed E-state index contributed by atoms with van der Waals surface area (Å²) < 4.78 is 11.5. The summed E-state index contributed by atoms with van der Waals surface area (Å²) >= 11 is 0. The summed E-state index contributed by atoms with van der Waals surface area (Å²) in [5, 5.41) is 0. The summed E-state index contributed by atoms with van der Waals surface area (Å²) in [6, 6.07) is 0.530. The van der Waals surface area contributed by atoms with Gasteiger partial charge in [0.1, 0.15) is 6.10 Å². The molecule has 0 aromatic rings. The molecule has 3 heterocycles. The molecule has 22 heavy (non-hydrogen) atoms. The Bertz CT molecular complexity index is 395. The second kappa shape index (κ2) is 6.85. The zero-order valence-corrected chi connectivity index (χ0v) is 14.1. The molecule has 2 atom stereocenters. The van der Waals surface area contributed by atoms with E-state index in [0.717, 1.165) is 71.7 Å². The minimum Gasteiger partial charge on any atom is -0.379 e. The SMILES string of the molecule is CC(C)N1CCOCC2(CCCN(C(=O)C3CCCO3)C2)C1. The van der Waals surface area contributed by atoms with Crippen molar-refractivity contribution in [2.75, 3.05) is 46.0 Å². The van der Waals surface area contributed by atoms with E-state index in [-0.39, 0.29) is 17.4 Å². The number of hydrogen-bond donors (Lipinski definition) is 0. The van der Waals surface area contributed by atoms with Crippen LogP contribution < -0.4 is 0 Å². The van der Waals surface area contributed by atoms with E-state index < -0.39 is 0 Å². The molecular weight excluding hydrogens is 280 g/mol. The van der Waals surface area contributed by atoms with Crippen LogP contribution in [0.4, 0.5) is 0 Å². The second-order valence-electron chi connectivity index (χ2n) is 7.48. The summed E-state index contributed by atoms with van der Waals surface area (Å²) in [5.74, 6) is 0.205. The molecule has 3 aliphatic rings. The Hall–Kier alpha value is -0.650. The molecule has 0 bridgehead atoms. The Kier molecular flexibility index (Phi) is 5.05. The molecule has 5 nitrogen and oxygen atoms in total. The maximum absolute atomic E-state index is 12.7. The van der Waals surface area contributed by atoms with Crippen LogP contribution in [-0.2, 0) is 14.3 Å². The lowest BCUT2D eigenvalue weighted by Crippen LogP contribution is -2.54. The molecule has 3 aliphatic heterocycles. The minimum atomic E-state index is -0.192. The van der Waals surface area contributed by atoms with Crippen LogP contribution in [0.15, 0.2) is 0 Å². The van der Waals surface area contributed by atoms with E-state index >= 15 is 0 Å².